The lowest BCUT2D eigenvalue weighted by molar-refractivity contribution is -0.122. The van der Waals surface area contributed by atoms with Gasteiger partial charge in [-0.1, -0.05) is 43.9 Å². The van der Waals surface area contributed by atoms with E-state index < -0.39 is 0 Å². The van der Waals surface area contributed by atoms with Crippen molar-refractivity contribution in [3.05, 3.63) is 36.1 Å². The first-order valence-electron chi connectivity index (χ1n) is 8.00. The smallest absolute Gasteiger partial charge is 0.220 e. The molecule has 0 saturated heterocycles. The van der Waals surface area contributed by atoms with E-state index in [1.54, 1.807) is 0 Å². The number of carbonyl (C=O) groups is 1. The van der Waals surface area contributed by atoms with Gasteiger partial charge in [-0.3, -0.25) is 4.79 Å². The van der Waals surface area contributed by atoms with Crippen LogP contribution in [0.2, 0.25) is 0 Å². The molecule has 1 aromatic carbocycles. The summed E-state index contributed by atoms with van der Waals surface area (Å²) in [6.07, 6.45) is 6.93. The van der Waals surface area contributed by atoms with Crippen molar-refractivity contribution in [2.45, 2.75) is 51.5 Å². The quantitative estimate of drug-likeness (QED) is 0.873. The number of amides is 1. The third kappa shape index (κ3) is 3.46. The van der Waals surface area contributed by atoms with Crippen LogP contribution in [0.15, 0.2) is 34.7 Å². The summed E-state index contributed by atoms with van der Waals surface area (Å²) in [6.45, 7) is 1.98. The minimum absolute atomic E-state index is 0.0755. The molecule has 0 aliphatic heterocycles. The van der Waals surface area contributed by atoms with Crippen LogP contribution in [0.25, 0.3) is 11.0 Å². The highest BCUT2D eigenvalue weighted by molar-refractivity contribution is 5.79. The van der Waals surface area contributed by atoms with Crippen molar-refractivity contribution in [2.75, 3.05) is 0 Å². The van der Waals surface area contributed by atoms with Gasteiger partial charge in [0.05, 0.1) is 6.04 Å². The summed E-state index contributed by atoms with van der Waals surface area (Å²) in [5.74, 6) is 1.72. The van der Waals surface area contributed by atoms with Gasteiger partial charge in [0, 0.05) is 11.8 Å². The zero-order valence-corrected chi connectivity index (χ0v) is 12.6. The molecule has 1 atom stereocenters. The average molecular weight is 285 g/mol. The van der Waals surface area contributed by atoms with Crippen molar-refractivity contribution in [2.24, 2.45) is 5.92 Å². The number of carbonyl (C=O) groups excluding carboxylic acids is 1. The van der Waals surface area contributed by atoms with Gasteiger partial charge in [0.1, 0.15) is 11.3 Å². The predicted molar refractivity (Wildman–Crippen MR) is 84.0 cm³/mol. The standard InChI is InChI=1S/C18H23NO2/c1-13(17-12-15-8-4-5-9-16(15)21-17)19-18(20)11-10-14-6-2-3-7-14/h4-5,8-9,12-14H,2-3,6-7,10-11H2,1H3,(H,19,20). The number of para-hydroxylation sites is 1. The molecule has 3 heteroatoms. The maximum atomic E-state index is 12.0. The van der Waals surface area contributed by atoms with Crippen LogP contribution in [0.5, 0.6) is 0 Å². The van der Waals surface area contributed by atoms with E-state index in [1.807, 2.05) is 37.3 Å². The molecule has 0 radical (unpaired) electrons. The lowest BCUT2D eigenvalue weighted by Gasteiger charge is -2.13. The first-order chi connectivity index (χ1) is 10.2. The first kappa shape index (κ1) is 14.2. The van der Waals surface area contributed by atoms with Crippen LogP contribution in [0.1, 0.15) is 57.3 Å². The van der Waals surface area contributed by atoms with Crippen LogP contribution >= 0.6 is 0 Å². The summed E-state index contributed by atoms with van der Waals surface area (Å²) < 4.78 is 5.79. The summed E-state index contributed by atoms with van der Waals surface area (Å²) in [6, 6.07) is 9.86. The Bertz CT molecular complexity index is 577. The van der Waals surface area contributed by atoms with Gasteiger partial charge in [-0.2, -0.15) is 0 Å². The normalized spacial score (nSPS) is 17.2. The number of furan rings is 1. The monoisotopic (exact) mass is 285 g/mol. The Labute approximate surface area is 125 Å². The van der Waals surface area contributed by atoms with Crippen molar-refractivity contribution in [3.63, 3.8) is 0 Å². The van der Waals surface area contributed by atoms with E-state index in [9.17, 15) is 4.79 Å². The fourth-order valence-corrected chi connectivity index (χ4v) is 3.23. The molecule has 3 rings (SSSR count). The minimum atomic E-state index is -0.0755. The number of hydrogen-bond donors (Lipinski definition) is 1. The van der Waals surface area contributed by atoms with E-state index in [0.29, 0.717) is 6.42 Å². The molecular formula is C18H23NO2. The molecule has 1 amide bonds. The average Bonchev–Trinajstić information content (AvgIpc) is 3.14. The van der Waals surface area contributed by atoms with Gasteiger partial charge < -0.3 is 9.73 Å². The Balaban J connectivity index is 1.54. The first-order valence-corrected chi connectivity index (χ1v) is 8.00. The van der Waals surface area contributed by atoms with Crippen molar-refractivity contribution < 1.29 is 9.21 Å². The van der Waals surface area contributed by atoms with Crippen LogP contribution in [0.3, 0.4) is 0 Å². The molecule has 1 unspecified atom stereocenters. The highest BCUT2D eigenvalue weighted by Gasteiger charge is 2.18. The second kappa shape index (κ2) is 6.33. The van der Waals surface area contributed by atoms with E-state index in [2.05, 4.69) is 5.32 Å². The molecule has 1 saturated carbocycles. The number of fused-ring (bicyclic) bond motifs is 1. The van der Waals surface area contributed by atoms with E-state index in [1.165, 1.54) is 25.7 Å². The van der Waals surface area contributed by atoms with E-state index in [0.717, 1.165) is 29.1 Å². The summed E-state index contributed by atoms with van der Waals surface area (Å²) in [4.78, 5) is 12.0. The largest absolute Gasteiger partial charge is 0.459 e. The number of nitrogens with one attached hydrogen (secondary N) is 1. The van der Waals surface area contributed by atoms with Crippen molar-refractivity contribution in [1.82, 2.24) is 5.32 Å². The maximum Gasteiger partial charge on any atom is 0.220 e. The molecule has 1 fully saturated rings. The summed E-state index contributed by atoms with van der Waals surface area (Å²) in [5, 5.41) is 4.13. The SMILES string of the molecule is CC(NC(=O)CCC1CCCC1)c1cc2ccccc2o1. The highest BCUT2D eigenvalue weighted by Crippen LogP contribution is 2.28. The van der Waals surface area contributed by atoms with Crippen LogP contribution in [-0.2, 0) is 4.79 Å². The highest BCUT2D eigenvalue weighted by atomic mass is 16.3. The van der Waals surface area contributed by atoms with Gasteiger partial charge in [0.2, 0.25) is 5.91 Å². The second-order valence-electron chi connectivity index (χ2n) is 6.16. The Hall–Kier alpha value is -1.77. The number of benzene rings is 1. The topological polar surface area (TPSA) is 42.2 Å². The zero-order chi connectivity index (χ0) is 14.7. The van der Waals surface area contributed by atoms with Crippen molar-refractivity contribution >= 4 is 16.9 Å². The molecule has 0 bridgehead atoms. The maximum absolute atomic E-state index is 12.0. The molecule has 2 aromatic rings. The van der Waals surface area contributed by atoms with Gasteiger partial charge in [-0.15, -0.1) is 0 Å². The molecule has 3 nitrogen and oxygen atoms in total. The van der Waals surface area contributed by atoms with Crippen molar-refractivity contribution in [1.29, 1.82) is 0 Å². The van der Waals surface area contributed by atoms with E-state index in [-0.39, 0.29) is 11.9 Å². The molecule has 1 heterocycles. The van der Waals surface area contributed by atoms with Crippen molar-refractivity contribution in [3.8, 4) is 0 Å². The Morgan fingerprint density at radius 3 is 2.86 bits per heavy atom. The van der Waals surface area contributed by atoms with Gasteiger partial charge in [0.25, 0.3) is 0 Å². The minimum Gasteiger partial charge on any atom is -0.459 e. The molecule has 21 heavy (non-hydrogen) atoms. The van der Waals surface area contributed by atoms with Gasteiger partial charge in [-0.05, 0) is 31.4 Å². The van der Waals surface area contributed by atoms with E-state index in [4.69, 9.17) is 4.42 Å². The Kier molecular flexibility index (Phi) is 4.28. The number of rotatable bonds is 5. The van der Waals surface area contributed by atoms with Gasteiger partial charge in [-0.25, -0.2) is 0 Å². The number of hydrogen-bond acceptors (Lipinski definition) is 2. The van der Waals surface area contributed by atoms with Crippen LogP contribution < -0.4 is 5.32 Å². The zero-order valence-electron chi connectivity index (χ0n) is 12.6. The fourth-order valence-electron chi connectivity index (χ4n) is 3.23. The lowest BCUT2D eigenvalue weighted by atomic mass is 10.0. The summed E-state index contributed by atoms with van der Waals surface area (Å²) in [7, 11) is 0. The van der Waals surface area contributed by atoms with Crippen LogP contribution in [-0.4, -0.2) is 5.91 Å². The molecular weight excluding hydrogens is 262 g/mol. The molecule has 1 aromatic heterocycles. The lowest BCUT2D eigenvalue weighted by Crippen LogP contribution is -2.26. The fraction of sp³-hybridized carbons (Fsp3) is 0.500. The molecule has 0 spiro atoms. The predicted octanol–water partition coefficient (Wildman–Crippen LogP) is 4.58. The summed E-state index contributed by atoms with van der Waals surface area (Å²) in [5.41, 5.74) is 0.875. The Morgan fingerprint density at radius 2 is 2.10 bits per heavy atom. The molecule has 1 aliphatic carbocycles. The summed E-state index contributed by atoms with van der Waals surface area (Å²) >= 11 is 0. The molecule has 1 N–H and O–H groups in total. The third-order valence-corrected chi connectivity index (χ3v) is 4.50. The van der Waals surface area contributed by atoms with E-state index >= 15 is 0 Å². The van der Waals surface area contributed by atoms with Crippen LogP contribution in [0, 0.1) is 5.92 Å². The Morgan fingerprint density at radius 1 is 1.33 bits per heavy atom. The molecule has 1 aliphatic rings. The van der Waals surface area contributed by atoms with Crippen LogP contribution in [0.4, 0.5) is 0 Å². The van der Waals surface area contributed by atoms with Gasteiger partial charge >= 0.3 is 0 Å². The second-order valence-corrected chi connectivity index (χ2v) is 6.16. The third-order valence-electron chi connectivity index (χ3n) is 4.50. The van der Waals surface area contributed by atoms with Gasteiger partial charge in [0.15, 0.2) is 0 Å². The molecule has 112 valence electrons.